The monoisotopic (exact) mass is 279 g/mol. The van der Waals surface area contributed by atoms with E-state index in [1.807, 2.05) is 38.1 Å². The highest BCUT2D eigenvalue weighted by molar-refractivity contribution is 5.76. The Balaban J connectivity index is 2.85. The highest BCUT2D eigenvalue weighted by Crippen LogP contribution is 2.22. The first-order valence-electron chi connectivity index (χ1n) is 7.01. The number of hydrogen-bond acceptors (Lipinski definition) is 4. The summed E-state index contributed by atoms with van der Waals surface area (Å²) in [6.07, 6.45) is 0.895. The Morgan fingerprint density at radius 1 is 1.20 bits per heavy atom. The van der Waals surface area contributed by atoms with Crippen LogP contribution in [0.2, 0.25) is 0 Å². The van der Waals surface area contributed by atoms with E-state index in [1.54, 1.807) is 7.11 Å². The van der Waals surface area contributed by atoms with Gasteiger partial charge in [-0.3, -0.25) is 10.1 Å². The number of rotatable bonds is 7. The van der Waals surface area contributed by atoms with Crippen molar-refractivity contribution < 1.29 is 14.3 Å². The second-order valence-corrected chi connectivity index (χ2v) is 5.15. The van der Waals surface area contributed by atoms with Crippen molar-refractivity contribution in [2.24, 2.45) is 5.92 Å². The van der Waals surface area contributed by atoms with Crippen LogP contribution in [0.4, 0.5) is 0 Å². The van der Waals surface area contributed by atoms with Gasteiger partial charge in [-0.25, -0.2) is 0 Å². The summed E-state index contributed by atoms with van der Waals surface area (Å²) in [7, 11) is 3.07. The number of esters is 1. The number of ether oxygens (including phenoxy) is 2. The SMILES string of the molecule is CCC(N[C@H](C(=O)OC)C(C)C)c1ccc(OC)cc1. The molecule has 1 aromatic rings. The maximum atomic E-state index is 11.8. The fourth-order valence-corrected chi connectivity index (χ4v) is 2.16. The summed E-state index contributed by atoms with van der Waals surface area (Å²) < 4.78 is 10.0. The smallest absolute Gasteiger partial charge is 0.323 e. The van der Waals surface area contributed by atoms with Crippen molar-refractivity contribution in [3.63, 3.8) is 0 Å². The molecule has 4 heteroatoms. The van der Waals surface area contributed by atoms with Gasteiger partial charge in [0.25, 0.3) is 0 Å². The van der Waals surface area contributed by atoms with E-state index < -0.39 is 0 Å². The maximum absolute atomic E-state index is 11.8. The van der Waals surface area contributed by atoms with Crippen LogP contribution in [0.3, 0.4) is 0 Å². The van der Waals surface area contributed by atoms with Crippen LogP contribution in [0.1, 0.15) is 38.8 Å². The molecule has 0 aliphatic carbocycles. The van der Waals surface area contributed by atoms with Gasteiger partial charge in [-0.05, 0) is 30.0 Å². The fourth-order valence-electron chi connectivity index (χ4n) is 2.16. The maximum Gasteiger partial charge on any atom is 0.323 e. The van der Waals surface area contributed by atoms with Crippen molar-refractivity contribution in [1.29, 1.82) is 0 Å². The zero-order valence-corrected chi connectivity index (χ0v) is 13.0. The summed E-state index contributed by atoms with van der Waals surface area (Å²) in [6, 6.07) is 7.73. The molecule has 1 N–H and O–H groups in total. The number of benzene rings is 1. The molecule has 112 valence electrons. The first-order valence-corrected chi connectivity index (χ1v) is 7.01. The number of carbonyl (C=O) groups excluding carboxylic acids is 1. The van der Waals surface area contributed by atoms with Crippen LogP contribution in [-0.2, 0) is 9.53 Å². The van der Waals surface area contributed by atoms with E-state index in [0.717, 1.165) is 17.7 Å². The van der Waals surface area contributed by atoms with Crippen LogP contribution in [-0.4, -0.2) is 26.2 Å². The number of methoxy groups -OCH3 is 2. The molecule has 0 heterocycles. The predicted octanol–water partition coefficient (Wildman–Crippen LogP) is 2.93. The minimum absolute atomic E-state index is 0.118. The predicted molar refractivity (Wildman–Crippen MR) is 79.8 cm³/mol. The first-order chi connectivity index (χ1) is 9.53. The van der Waals surface area contributed by atoms with Crippen LogP contribution in [0.15, 0.2) is 24.3 Å². The van der Waals surface area contributed by atoms with E-state index in [1.165, 1.54) is 7.11 Å². The Morgan fingerprint density at radius 2 is 1.80 bits per heavy atom. The van der Waals surface area contributed by atoms with Crippen LogP contribution < -0.4 is 10.1 Å². The molecule has 0 saturated carbocycles. The summed E-state index contributed by atoms with van der Waals surface area (Å²) in [5.74, 6) is 0.790. The van der Waals surface area contributed by atoms with E-state index in [9.17, 15) is 4.79 Å². The van der Waals surface area contributed by atoms with Gasteiger partial charge in [0.2, 0.25) is 0 Å². The summed E-state index contributed by atoms with van der Waals surface area (Å²) in [5, 5.41) is 3.39. The Morgan fingerprint density at radius 3 is 2.20 bits per heavy atom. The van der Waals surface area contributed by atoms with Crippen LogP contribution >= 0.6 is 0 Å². The molecule has 1 rings (SSSR count). The molecule has 0 fully saturated rings. The average molecular weight is 279 g/mol. The van der Waals surface area contributed by atoms with Crippen LogP contribution in [0.5, 0.6) is 5.75 Å². The van der Waals surface area contributed by atoms with E-state index in [2.05, 4.69) is 12.2 Å². The minimum atomic E-state index is -0.299. The lowest BCUT2D eigenvalue weighted by Crippen LogP contribution is -2.43. The Bertz CT molecular complexity index is 414. The molecule has 0 aliphatic heterocycles. The standard InChI is InChI=1S/C16H25NO3/c1-6-14(12-7-9-13(19-4)10-8-12)17-15(11(2)3)16(18)20-5/h7-11,14-15,17H,6H2,1-5H3/t14?,15-/m0/s1. The van der Waals surface area contributed by atoms with Crippen LogP contribution in [0, 0.1) is 5.92 Å². The second kappa shape index (κ2) is 7.90. The number of nitrogens with one attached hydrogen (secondary N) is 1. The zero-order chi connectivity index (χ0) is 15.1. The molecular formula is C16H25NO3. The topological polar surface area (TPSA) is 47.6 Å². The van der Waals surface area contributed by atoms with Crippen molar-refractivity contribution >= 4 is 5.97 Å². The molecule has 0 radical (unpaired) electrons. The third-order valence-electron chi connectivity index (χ3n) is 3.43. The Hall–Kier alpha value is -1.55. The molecule has 0 spiro atoms. The third kappa shape index (κ3) is 4.23. The average Bonchev–Trinajstić information content (AvgIpc) is 2.47. The molecule has 20 heavy (non-hydrogen) atoms. The van der Waals surface area contributed by atoms with Crippen molar-refractivity contribution in [2.45, 2.75) is 39.3 Å². The lowest BCUT2D eigenvalue weighted by atomic mass is 9.99. The van der Waals surface area contributed by atoms with Gasteiger partial charge in [-0.2, -0.15) is 0 Å². The molecule has 0 aromatic heterocycles. The van der Waals surface area contributed by atoms with Crippen molar-refractivity contribution in [2.75, 3.05) is 14.2 Å². The lowest BCUT2D eigenvalue weighted by Gasteiger charge is -2.26. The molecular weight excluding hydrogens is 254 g/mol. The minimum Gasteiger partial charge on any atom is -0.497 e. The molecule has 1 unspecified atom stereocenters. The zero-order valence-electron chi connectivity index (χ0n) is 13.0. The van der Waals surface area contributed by atoms with Gasteiger partial charge in [0, 0.05) is 6.04 Å². The highest BCUT2D eigenvalue weighted by atomic mass is 16.5. The van der Waals surface area contributed by atoms with Gasteiger partial charge in [0.1, 0.15) is 11.8 Å². The van der Waals surface area contributed by atoms with Crippen molar-refractivity contribution in [3.05, 3.63) is 29.8 Å². The number of hydrogen-bond donors (Lipinski definition) is 1. The van der Waals surface area contributed by atoms with E-state index >= 15 is 0 Å². The lowest BCUT2D eigenvalue weighted by molar-refractivity contribution is -0.144. The molecule has 1 aromatic carbocycles. The first kappa shape index (κ1) is 16.5. The summed E-state index contributed by atoms with van der Waals surface area (Å²) >= 11 is 0. The van der Waals surface area contributed by atoms with E-state index in [0.29, 0.717) is 0 Å². The van der Waals surface area contributed by atoms with Gasteiger partial charge in [0.05, 0.1) is 14.2 Å². The van der Waals surface area contributed by atoms with Gasteiger partial charge in [-0.15, -0.1) is 0 Å². The fraction of sp³-hybridized carbons (Fsp3) is 0.562. The molecule has 0 saturated heterocycles. The van der Waals surface area contributed by atoms with Gasteiger partial charge in [-0.1, -0.05) is 32.9 Å². The largest absolute Gasteiger partial charge is 0.497 e. The molecule has 4 nitrogen and oxygen atoms in total. The summed E-state index contributed by atoms with van der Waals surface area (Å²) in [4.78, 5) is 11.8. The third-order valence-corrected chi connectivity index (χ3v) is 3.43. The van der Waals surface area contributed by atoms with Crippen molar-refractivity contribution in [3.8, 4) is 5.75 Å². The summed E-state index contributed by atoms with van der Waals surface area (Å²) in [6.45, 7) is 6.11. The summed E-state index contributed by atoms with van der Waals surface area (Å²) in [5.41, 5.74) is 1.14. The molecule has 0 aliphatic rings. The molecule has 0 bridgehead atoms. The van der Waals surface area contributed by atoms with Gasteiger partial charge in [0.15, 0.2) is 0 Å². The molecule has 0 amide bonds. The quantitative estimate of drug-likeness (QED) is 0.780. The van der Waals surface area contributed by atoms with Crippen LogP contribution in [0.25, 0.3) is 0 Å². The Kier molecular flexibility index (Phi) is 6.52. The van der Waals surface area contributed by atoms with Gasteiger partial charge < -0.3 is 9.47 Å². The second-order valence-electron chi connectivity index (χ2n) is 5.15. The highest BCUT2D eigenvalue weighted by Gasteiger charge is 2.25. The van der Waals surface area contributed by atoms with Crippen molar-refractivity contribution in [1.82, 2.24) is 5.32 Å². The van der Waals surface area contributed by atoms with Gasteiger partial charge >= 0.3 is 5.97 Å². The van der Waals surface area contributed by atoms with E-state index in [-0.39, 0.29) is 24.0 Å². The molecule has 2 atom stereocenters. The van der Waals surface area contributed by atoms with E-state index in [4.69, 9.17) is 9.47 Å². The number of carbonyl (C=O) groups is 1. The Labute approximate surface area is 121 Å². The normalized spacial score (nSPS) is 13.9.